The van der Waals surface area contributed by atoms with E-state index >= 15 is 0 Å². The first kappa shape index (κ1) is 11.0. The quantitative estimate of drug-likeness (QED) is 0.705. The zero-order valence-electron chi connectivity index (χ0n) is 10.8. The molecule has 2 heterocycles. The minimum absolute atomic E-state index is 0.697. The Morgan fingerprint density at radius 3 is 2.72 bits per heavy atom. The third-order valence-corrected chi connectivity index (χ3v) is 3.10. The maximum absolute atomic E-state index is 4.72. The van der Waals surface area contributed by atoms with Crippen molar-refractivity contribution in [1.82, 2.24) is 19.7 Å². The number of aliphatic imine (C=N–C) groups is 1. The van der Waals surface area contributed by atoms with Crippen molar-refractivity contribution in [3.05, 3.63) is 35.9 Å². The minimum Gasteiger partial charge on any atom is -0.366 e. The summed E-state index contributed by atoms with van der Waals surface area (Å²) in [6, 6.07) is 8.09. The van der Waals surface area contributed by atoms with E-state index in [4.69, 9.17) is 4.99 Å². The average Bonchev–Trinajstić information content (AvgIpc) is 2.62. The summed E-state index contributed by atoms with van der Waals surface area (Å²) in [7, 11) is 4.00. The Morgan fingerprint density at radius 1 is 1.17 bits per heavy atom. The van der Waals surface area contributed by atoms with Crippen LogP contribution in [0.2, 0.25) is 0 Å². The Hall–Kier alpha value is -2.17. The SMILES string of the molecule is Cc1nnc2n1-c1ccccc1N=C(N(C)C)C2. The summed E-state index contributed by atoms with van der Waals surface area (Å²) in [6.45, 7) is 1.97. The van der Waals surface area contributed by atoms with Crippen LogP contribution in [0.15, 0.2) is 29.3 Å². The zero-order valence-corrected chi connectivity index (χ0v) is 10.8. The lowest BCUT2D eigenvalue weighted by molar-refractivity contribution is 0.607. The van der Waals surface area contributed by atoms with E-state index in [0.717, 1.165) is 28.9 Å². The van der Waals surface area contributed by atoms with Crippen LogP contribution in [-0.4, -0.2) is 39.6 Å². The lowest BCUT2D eigenvalue weighted by Crippen LogP contribution is -2.24. The van der Waals surface area contributed by atoms with Gasteiger partial charge in [-0.05, 0) is 19.1 Å². The van der Waals surface area contributed by atoms with Crippen LogP contribution in [0.3, 0.4) is 0 Å². The van der Waals surface area contributed by atoms with Gasteiger partial charge in [0, 0.05) is 14.1 Å². The molecule has 0 unspecified atom stereocenters. The van der Waals surface area contributed by atoms with Gasteiger partial charge in [-0.25, -0.2) is 4.99 Å². The molecule has 0 N–H and O–H groups in total. The highest BCUT2D eigenvalue weighted by Gasteiger charge is 2.20. The van der Waals surface area contributed by atoms with Gasteiger partial charge in [-0.3, -0.25) is 4.57 Å². The maximum Gasteiger partial charge on any atom is 0.145 e. The normalized spacial score (nSPS) is 13.4. The third-order valence-electron chi connectivity index (χ3n) is 3.10. The molecule has 3 rings (SSSR count). The first-order valence-corrected chi connectivity index (χ1v) is 5.92. The van der Waals surface area contributed by atoms with Gasteiger partial charge in [-0.1, -0.05) is 12.1 Å². The average molecular weight is 241 g/mol. The molecule has 0 aliphatic carbocycles. The molecule has 1 aromatic carbocycles. The van der Waals surface area contributed by atoms with Crippen LogP contribution in [0.4, 0.5) is 5.69 Å². The highest BCUT2D eigenvalue weighted by atomic mass is 15.3. The molecular formula is C13H15N5. The molecule has 92 valence electrons. The fourth-order valence-corrected chi connectivity index (χ4v) is 2.16. The van der Waals surface area contributed by atoms with Crippen LogP contribution < -0.4 is 0 Å². The molecule has 0 bridgehead atoms. The summed E-state index contributed by atoms with van der Waals surface area (Å²) >= 11 is 0. The molecule has 2 aromatic rings. The molecule has 5 heteroatoms. The van der Waals surface area contributed by atoms with Crippen LogP contribution in [0.5, 0.6) is 0 Å². The molecule has 5 nitrogen and oxygen atoms in total. The smallest absolute Gasteiger partial charge is 0.145 e. The number of rotatable bonds is 0. The van der Waals surface area contributed by atoms with Crippen LogP contribution in [0.1, 0.15) is 11.6 Å². The van der Waals surface area contributed by atoms with Crippen LogP contribution in [0, 0.1) is 6.92 Å². The van der Waals surface area contributed by atoms with Gasteiger partial charge in [0.25, 0.3) is 0 Å². The predicted octanol–water partition coefficient (Wildman–Crippen LogP) is 1.72. The summed E-state index contributed by atoms with van der Waals surface area (Å²) in [5, 5.41) is 8.43. The summed E-state index contributed by atoms with van der Waals surface area (Å²) in [5.74, 6) is 2.83. The number of amidine groups is 1. The Kier molecular flexibility index (Phi) is 2.40. The molecule has 0 radical (unpaired) electrons. The van der Waals surface area contributed by atoms with E-state index < -0.39 is 0 Å². The summed E-state index contributed by atoms with van der Waals surface area (Å²) in [6.07, 6.45) is 0.697. The number of benzene rings is 1. The molecule has 1 aliphatic rings. The molecule has 1 aromatic heterocycles. The molecule has 0 amide bonds. The largest absolute Gasteiger partial charge is 0.366 e. The number of hydrogen-bond donors (Lipinski definition) is 0. The number of hydrogen-bond acceptors (Lipinski definition) is 4. The number of para-hydroxylation sites is 2. The second-order valence-electron chi connectivity index (χ2n) is 4.59. The number of aromatic nitrogens is 3. The molecule has 18 heavy (non-hydrogen) atoms. The van der Waals surface area contributed by atoms with Crippen molar-refractivity contribution < 1.29 is 0 Å². The van der Waals surface area contributed by atoms with E-state index in [9.17, 15) is 0 Å². The van der Waals surface area contributed by atoms with Gasteiger partial charge in [0.2, 0.25) is 0 Å². The Balaban J connectivity index is 2.29. The van der Waals surface area contributed by atoms with Gasteiger partial charge in [-0.15, -0.1) is 10.2 Å². The third kappa shape index (κ3) is 1.59. The zero-order chi connectivity index (χ0) is 12.7. The van der Waals surface area contributed by atoms with E-state index in [-0.39, 0.29) is 0 Å². The first-order chi connectivity index (χ1) is 8.66. The van der Waals surface area contributed by atoms with E-state index in [0.29, 0.717) is 6.42 Å². The summed E-state index contributed by atoms with van der Waals surface area (Å²) in [5.41, 5.74) is 2.01. The van der Waals surface area contributed by atoms with Gasteiger partial charge in [-0.2, -0.15) is 0 Å². The van der Waals surface area contributed by atoms with Crippen molar-refractivity contribution in [2.75, 3.05) is 14.1 Å². The van der Waals surface area contributed by atoms with Gasteiger partial charge in [0.15, 0.2) is 0 Å². The summed E-state index contributed by atoms with van der Waals surface area (Å²) in [4.78, 5) is 6.74. The second-order valence-corrected chi connectivity index (χ2v) is 4.59. The predicted molar refractivity (Wildman–Crippen MR) is 70.6 cm³/mol. The molecule has 1 aliphatic heterocycles. The lowest BCUT2D eigenvalue weighted by Gasteiger charge is -2.13. The second kappa shape index (κ2) is 3.94. The summed E-state index contributed by atoms with van der Waals surface area (Å²) < 4.78 is 2.08. The Bertz CT molecular complexity index is 624. The van der Waals surface area contributed by atoms with Gasteiger partial charge in [0.05, 0.1) is 17.8 Å². The van der Waals surface area contributed by atoms with Crippen molar-refractivity contribution in [1.29, 1.82) is 0 Å². The van der Waals surface area contributed by atoms with Crippen molar-refractivity contribution >= 4 is 11.5 Å². The van der Waals surface area contributed by atoms with Gasteiger partial charge in [0.1, 0.15) is 17.5 Å². The number of fused-ring (bicyclic) bond motifs is 3. The number of nitrogens with zero attached hydrogens (tertiary/aromatic N) is 5. The van der Waals surface area contributed by atoms with E-state index in [1.165, 1.54) is 0 Å². The lowest BCUT2D eigenvalue weighted by atomic mass is 10.2. The fourth-order valence-electron chi connectivity index (χ4n) is 2.16. The standard InChI is InChI=1S/C13H15N5/c1-9-15-16-13-8-12(17(2)3)14-10-6-4-5-7-11(10)18(9)13/h4-7H,8H2,1-3H3. The highest BCUT2D eigenvalue weighted by molar-refractivity contribution is 5.88. The minimum atomic E-state index is 0.697. The maximum atomic E-state index is 4.72. The number of likely N-dealkylation sites (N-methyl/N-ethyl adjacent to an activating group) is 1. The molecular weight excluding hydrogens is 226 g/mol. The molecule has 0 fully saturated rings. The Labute approximate surface area is 106 Å². The van der Waals surface area contributed by atoms with E-state index in [2.05, 4.69) is 20.8 Å². The van der Waals surface area contributed by atoms with Gasteiger partial charge < -0.3 is 4.90 Å². The molecule has 0 saturated carbocycles. The van der Waals surface area contributed by atoms with Crippen molar-refractivity contribution in [3.8, 4) is 5.69 Å². The van der Waals surface area contributed by atoms with Crippen molar-refractivity contribution in [2.45, 2.75) is 13.3 Å². The Morgan fingerprint density at radius 2 is 1.94 bits per heavy atom. The monoisotopic (exact) mass is 241 g/mol. The topological polar surface area (TPSA) is 46.3 Å². The van der Waals surface area contributed by atoms with Gasteiger partial charge >= 0.3 is 0 Å². The molecule has 0 saturated heterocycles. The van der Waals surface area contributed by atoms with E-state index in [1.807, 2.05) is 44.1 Å². The van der Waals surface area contributed by atoms with Crippen LogP contribution in [0.25, 0.3) is 5.69 Å². The first-order valence-electron chi connectivity index (χ1n) is 5.92. The molecule has 0 atom stereocenters. The fraction of sp³-hybridized carbons (Fsp3) is 0.308. The van der Waals surface area contributed by atoms with E-state index in [1.54, 1.807) is 0 Å². The number of aryl methyl sites for hydroxylation is 1. The van der Waals surface area contributed by atoms with Crippen molar-refractivity contribution in [2.24, 2.45) is 4.99 Å². The highest BCUT2D eigenvalue weighted by Crippen LogP contribution is 2.28. The molecule has 0 spiro atoms. The van der Waals surface area contributed by atoms with Crippen LogP contribution >= 0.6 is 0 Å². The van der Waals surface area contributed by atoms with Crippen molar-refractivity contribution in [3.63, 3.8) is 0 Å². The van der Waals surface area contributed by atoms with Crippen LogP contribution in [-0.2, 0) is 6.42 Å².